The SMILES string of the molecule is CC(C)c1ccc2c(c1)C(N)CC2CC(=O)O. The van der Waals surface area contributed by atoms with Gasteiger partial charge in [-0.3, -0.25) is 4.79 Å². The van der Waals surface area contributed by atoms with E-state index in [2.05, 4.69) is 32.0 Å². The summed E-state index contributed by atoms with van der Waals surface area (Å²) in [5.74, 6) is -0.187. The molecule has 92 valence electrons. The molecule has 2 rings (SSSR count). The predicted octanol–water partition coefficient (Wildman–Crippen LogP) is 2.77. The van der Waals surface area contributed by atoms with Gasteiger partial charge in [-0.2, -0.15) is 0 Å². The normalized spacial score (nSPS) is 22.8. The van der Waals surface area contributed by atoms with E-state index in [-0.39, 0.29) is 18.4 Å². The Labute approximate surface area is 102 Å². The van der Waals surface area contributed by atoms with Crippen LogP contribution in [-0.4, -0.2) is 11.1 Å². The van der Waals surface area contributed by atoms with Crippen molar-refractivity contribution in [3.05, 3.63) is 34.9 Å². The number of hydrogen-bond donors (Lipinski definition) is 2. The highest BCUT2D eigenvalue weighted by molar-refractivity contribution is 5.68. The van der Waals surface area contributed by atoms with Gasteiger partial charge in [0.05, 0.1) is 6.42 Å². The fourth-order valence-corrected chi connectivity index (χ4v) is 2.61. The Morgan fingerprint density at radius 1 is 1.47 bits per heavy atom. The molecule has 0 radical (unpaired) electrons. The number of nitrogens with two attached hydrogens (primary N) is 1. The van der Waals surface area contributed by atoms with E-state index in [1.54, 1.807) is 0 Å². The van der Waals surface area contributed by atoms with Crippen molar-refractivity contribution < 1.29 is 9.90 Å². The molecule has 0 heterocycles. The Balaban J connectivity index is 2.33. The molecule has 1 aliphatic rings. The van der Waals surface area contributed by atoms with E-state index in [0.717, 1.165) is 17.5 Å². The van der Waals surface area contributed by atoms with E-state index < -0.39 is 5.97 Å². The van der Waals surface area contributed by atoms with Gasteiger partial charge in [0.1, 0.15) is 0 Å². The lowest BCUT2D eigenvalue weighted by Crippen LogP contribution is -2.07. The van der Waals surface area contributed by atoms with E-state index >= 15 is 0 Å². The second kappa shape index (κ2) is 4.49. The van der Waals surface area contributed by atoms with Crippen LogP contribution >= 0.6 is 0 Å². The fraction of sp³-hybridized carbons (Fsp3) is 0.500. The van der Waals surface area contributed by atoms with Gasteiger partial charge in [-0.05, 0) is 34.9 Å². The molecule has 2 atom stereocenters. The molecule has 17 heavy (non-hydrogen) atoms. The average Bonchev–Trinajstić information content (AvgIpc) is 2.54. The monoisotopic (exact) mass is 233 g/mol. The molecule has 3 nitrogen and oxygen atoms in total. The largest absolute Gasteiger partial charge is 0.481 e. The standard InChI is InChI=1S/C14H19NO2/c1-8(2)9-3-4-11-10(7-14(16)17)6-13(15)12(11)5-9/h3-5,8,10,13H,6-7,15H2,1-2H3,(H,16,17). The van der Waals surface area contributed by atoms with Gasteiger partial charge in [-0.15, -0.1) is 0 Å². The van der Waals surface area contributed by atoms with Gasteiger partial charge in [0.2, 0.25) is 0 Å². The van der Waals surface area contributed by atoms with Gasteiger partial charge in [0, 0.05) is 6.04 Å². The highest BCUT2D eigenvalue weighted by atomic mass is 16.4. The number of rotatable bonds is 3. The minimum atomic E-state index is -0.747. The highest BCUT2D eigenvalue weighted by Gasteiger charge is 2.30. The van der Waals surface area contributed by atoms with E-state index in [0.29, 0.717) is 5.92 Å². The summed E-state index contributed by atoms with van der Waals surface area (Å²) in [6.45, 7) is 4.30. The Hall–Kier alpha value is -1.35. The summed E-state index contributed by atoms with van der Waals surface area (Å²) in [5, 5.41) is 8.89. The maximum absolute atomic E-state index is 10.8. The Bertz CT molecular complexity index is 440. The Morgan fingerprint density at radius 3 is 2.76 bits per heavy atom. The molecule has 3 N–H and O–H groups in total. The first-order chi connectivity index (χ1) is 7.99. The summed E-state index contributed by atoms with van der Waals surface area (Å²) in [6.07, 6.45) is 0.935. The van der Waals surface area contributed by atoms with E-state index in [1.165, 1.54) is 5.56 Å². The zero-order chi connectivity index (χ0) is 12.6. The van der Waals surface area contributed by atoms with Crippen LogP contribution in [0.25, 0.3) is 0 Å². The van der Waals surface area contributed by atoms with Crippen LogP contribution in [0, 0.1) is 0 Å². The molecule has 0 spiro atoms. The van der Waals surface area contributed by atoms with Crippen molar-refractivity contribution in [2.75, 3.05) is 0 Å². The van der Waals surface area contributed by atoms with Crippen molar-refractivity contribution in [2.24, 2.45) is 5.73 Å². The van der Waals surface area contributed by atoms with Gasteiger partial charge >= 0.3 is 5.97 Å². The van der Waals surface area contributed by atoms with Crippen LogP contribution in [0.15, 0.2) is 18.2 Å². The molecule has 0 bridgehead atoms. The molecule has 1 aliphatic carbocycles. The van der Waals surface area contributed by atoms with Crippen LogP contribution in [0.3, 0.4) is 0 Å². The first-order valence-corrected chi connectivity index (χ1v) is 6.10. The zero-order valence-electron chi connectivity index (χ0n) is 10.3. The third kappa shape index (κ3) is 2.34. The second-order valence-corrected chi connectivity index (χ2v) is 5.18. The van der Waals surface area contributed by atoms with Crippen LogP contribution in [0.2, 0.25) is 0 Å². The van der Waals surface area contributed by atoms with Gasteiger partial charge in [0.25, 0.3) is 0 Å². The van der Waals surface area contributed by atoms with E-state index in [9.17, 15) is 4.79 Å². The summed E-state index contributed by atoms with van der Waals surface area (Å²) >= 11 is 0. The number of fused-ring (bicyclic) bond motifs is 1. The molecule has 2 unspecified atom stereocenters. The summed E-state index contributed by atoms with van der Waals surface area (Å²) in [6, 6.07) is 6.29. The molecule has 0 amide bonds. The maximum Gasteiger partial charge on any atom is 0.303 e. The van der Waals surface area contributed by atoms with Crippen molar-refractivity contribution in [3.63, 3.8) is 0 Å². The minimum absolute atomic E-state index is 0.00644. The summed E-state index contributed by atoms with van der Waals surface area (Å²) in [4.78, 5) is 10.8. The molecular formula is C14H19NO2. The smallest absolute Gasteiger partial charge is 0.303 e. The molecular weight excluding hydrogens is 214 g/mol. The lowest BCUT2D eigenvalue weighted by Gasteiger charge is -2.11. The number of carbonyl (C=O) groups is 1. The van der Waals surface area contributed by atoms with Crippen LogP contribution < -0.4 is 5.73 Å². The summed E-state index contributed by atoms with van der Waals surface area (Å²) in [5.41, 5.74) is 9.63. The van der Waals surface area contributed by atoms with E-state index in [4.69, 9.17) is 10.8 Å². The lowest BCUT2D eigenvalue weighted by atomic mass is 9.94. The molecule has 1 aromatic carbocycles. The summed E-state index contributed by atoms with van der Waals surface area (Å²) < 4.78 is 0. The molecule has 1 aromatic rings. The van der Waals surface area contributed by atoms with Crippen molar-refractivity contribution in [1.82, 2.24) is 0 Å². The molecule has 0 aromatic heterocycles. The number of aliphatic carboxylic acids is 1. The average molecular weight is 233 g/mol. The topological polar surface area (TPSA) is 63.3 Å². The van der Waals surface area contributed by atoms with Crippen molar-refractivity contribution in [1.29, 1.82) is 0 Å². The van der Waals surface area contributed by atoms with Crippen LogP contribution in [0.5, 0.6) is 0 Å². The Kier molecular flexibility index (Phi) is 3.20. The van der Waals surface area contributed by atoms with Gasteiger partial charge in [-0.1, -0.05) is 32.0 Å². The van der Waals surface area contributed by atoms with Crippen molar-refractivity contribution in [2.45, 2.75) is 44.6 Å². The van der Waals surface area contributed by atoms with Gasteiger partial charge in [-0.25, -0.2) is 0 Å². The highest BCUT2D eigenvalue weighted by Crippen LogP contribution is 2.41. The van der Waals surface area contributed by atoms with Crippen LogP contribution in [0.1, 0.15) is 61.3 Å². The summed E-state index contributed by atoms with van der Waals surface area (Å²) in [7, 11) is 0. The molecule has 3 heteroatoms. The third-order valence-electron chi connectivity index (χ3n) is 3.58. The fourth-order valence-electron chi connectivity index (χ4n) is 2.61. The second-order valence-electron chi connectivity index (χ2n) is 5.18. The van der Waals surface area contributed by atoms with Gasteiger partial charge < -0.3 is 10.8 Å². The first-order valence-electron chi connectivity index (χ1n) is 6.10. The van der Waals surface area contributed by atoms with Crippen molar-refractivity contribution in [3.8, 4) is 0 Å². The Morgan fingerprint density at radius 2 is 2.18 bits per heavy atom. The first kappa shape index (κ1) is 12.1. The number of carboxylic acids is 1. The molecule has 0 saturated heterocycles. The number of carboxylic acid groups (broad SMARTS) is 1. The lowest BCUT2D eigenvalue weighted by molar-refractivity contribution is -0.137. The van der Waals surface area contributed by atoms with E-state index in [1.807, 2.05) is 0 Å². The zero-order valence-corrected chi connectivity index (χ0v) is 10.3. The third-order valence-corrected chi connectivity index (χ3v) is 3.58. The number of hydrogen-bond acceptors (Lipinski definition) is 2. The van der Waals surface area contributed by atoms with Gasteiger partial charge in [0.15, 0.2) is 0 Å². The maximum atomic E-state index is 10.8. The minimum Gasteiger partial charge on any atom is -0.481 e. The molecule has 0 saturated carbocycles. The van der Waals surface area contributed by atoms with Crippen LogP contribution in [0.4, 0.5) is 0 Å². The van der Waals surface area contributed by atoms with Crippen LogP contribution in [-0.2, 0) is 4.79 Å². The molecule has 0 fully saturated rings. The molecule has 0 aliphatic heterocycles. The quantitative estimate of drug-likeness (QED) is 0.843. The van der Waals surface area contributed by atoms with Crippen molar-refractivity contribution >= 4 is 5.97 Å². The predicted molar refractivity (Wildman–Crippen MR) is 67.1 cm³/mol. The number of benzene rings is 1.